The third-order valence-electron chi connectivity index (χ3n) is 3.67. The summed E-state index contributed by atoms with van der Waals surface area (Å²) in [5.74, 6) is 0.414. The molecule has 4 heteroatoms. The van der Waals surface area contributed by atoms with Gasteiger partial charge in [-0.05, 0) is 17.0 Å². The number of carboxylic acids is 1. The van der Waals surface area contributed by atoms with Gasteiger partial charge in [0.25, 0.3) is 0 Å². The lowest BCUT2D eigenvalue weighted by Gasteiger charge is -2.29. The zero-order valence-corrected chi connectivity index (χ0v) is 14.0. The second-order valence-electron chi connectivity index (χ2n) is 6.96. The van der Waals surface area contributed by atoms with E-state index in [1.807, 2.05) is 26.0 Å². The molecule has 21 heavy (non-hydrogen) atoms. The van der Waals surface area contributed by atoms with Gasteiger partial charge in [0, 0.05) is 11.0 Å². The van der Waals surface area contributed by atoms with Crippen LogP contribution >= 0.6 is 0 Å². The van der Waals surface area contributed by atoms with E-state index in [4.69, 9.17) is 14.6 Å². The van der Waals surface area contributed by atoms with Crippen molar-refractivity contribution in [1.29, 1.82) is 0 Å². The molecule has 118 valence electrons. The minimum atomic E-state index is -0.831. The van der Waals surface area contributed by atoms with Crippen LogP contribution in [-0.2, 0) is 15.6 Å². The average molecular weight is 294 g/mol. The summed E-state index contributed by atoms with van der Waals surface area (Å²) in [7, 11) is 3.17. The Labute approximate surface area is 127 Å². The van der Waals surface area contributed by atoms with E-state index >= 15 is 0 Å². The maximum atomic E-state index is 11.2. The van der Waals surface area contributed by atoms with Gasteiger partial charge < -0.3 is 14.6 Å². The van der Waals surface area contributed by atoms with Crippen LogP contribution in [0.4, 0.5) is 0 Å². The molecule has 0 saturated carbocycles. The van der Waals surface area contributed by atoms with E-state index in [1.54, 1.807) is 14.2 Å². The maximum Gasteiger partial charge on any atom is 0.304 e. The van der Waals surface area contributed by atoms with Crippen LogP contribution in [0.3, 0.4) is 0 Å². The Kier molecular flexibility index (Phi) is 4.92. The molecule has 0 bridgehead atoms. The zero-order chi connectivity index (χ0) is 16.4. The van der Waals surface area contributed by atoms with Crippen molar-refractivity contribution in [2.24, 2.45) is 0 Å². The molecule has 0 radical (unpaired) electrons. The summed E-state index contributed by atoms with van der Waals surface area (Å²) in [6.07, 6.45) is 0.0279. The standard InChI is InChI=1S/C17H26O4/c1-16(2,3)11-8-12(17(4,5)10-14(18)19)15(21-7)13(9-11)20-6/h8-9H,10H2,1-7H3,(H,18,19). The molecule has 0 amide bonds. The summed E-state index contributed by atoms with van der Waals surface area (Å²) in [5, 5.41) is 9.16. The van der Waals surface area contributed by atoms with Crippen molar-refractivity contribution in [2.75, 3.05) is 14.2 Å². The Morgan fingerprint density at radius 2 is 1.67 bits per heavy atom. The molecular weight excluding hydrogens is 268 g/mol. The van der Waals surface area contributed by atoms with Crippen molar-refractivity contribution in [1.82, 2.24) is 0 Å². The quantitative estimate of drug-likeness (QED) is 0.898. The molecule has 1 N–H and O–H groups in total. The number of carbonyl (C=O) groups is 1. The van der Waals surface area contributed by atoms with Crippen LogP contribution in [0, 0.1) is 0 Å². The van der Waals surface area contributed by atoms with Crippen molar-refractivity contribution in [3.63, 3.8) is 0 Å². The molecule has 1 aromatic carbocycles. The van der Waals surface area contributed by atoms with Gasteiger partial charge in [0.2, 0.25) is 0 Å². The van der Waals surface area contributed by atoms with E-state index in [0.717, 1.165) is 11.1 Å². The molecule has 1 aromatic rings. The molecular formula is C17H26O4. The number of ether oxygens (including phenoxy) is 2. The first kappa shape index (κ1) is 17.3. The Morgan fingerprint density at radius 3 is 2.05 bits per heavy atom. The van der Waals surface area contributed by atoms with Gasteiger partial charge in [0.15, 0.2) is 11.5 Å². The second kappa shape index (κ2) is 5.96. The number of aliphatic carboxylic acids is 1. The van der Waals surface area contributed by atoms with Crippen LogP contribution in [-0.4, -0.2) is 25.3 Å². The van der Waals surface area contributed by atoms with E-state index < -0.39 is 11.4 Å². The van der Waals surface area contributed by atoms with Gasteiger partial charge >= 0.3 is 5.97 Å². The molecule has 0 heterocycles. The van der Waals surface area contributed by atoms with Crippen molar-refractivity contribution >= 4 is 5.97 Å². The average Bonchev–Trinajstić information content (AvgIpc) is 2.34. The number of carboxylic acid groups (broad SMARTS) is 1. The van der Waals surface area contributed by atoms with E-state index in [-0.39, 0.29) is 11.8 Å². The van der Waals surface area contributed by atoms with Crippen molar-refractivity contribution in [3.8, 4) is 11.5 Å². The SMILES string of the molecule is COc1cc(C(C)(C)C)cc(C(C)(C)CC(=O)O)c1OC. The Balaban J connectivity index is 3.57. The van der Waals surface area contributed by atoms with Crippen LogP contribution in [0.25, 0.3) is 0 Å². The molecule has 0 fully saturated rings. The molecule has 0 aliphatic heterocycles. The summed E-state index contributed by atoms with van der Waals surface area (Å²) in [6.45, 7) is 10.2. The summed E-state index contributed by atoms with van der Waals surface area (Å²) in [4.78, 5) is 11.2. The fourth-order valence-electron chi connectivity index (χ4n) is 2.37. The zero-order valence-electron chi connectivity index (χ0n) is 14.0. The van der Waals surface area contributed by atoms with Crippen LogP contribution in [0.15, 0.2) is 12.1 Å². The van der Waals surface area contributed by atoms with E-state index in [9.17, 15) is 4.79 Å². The predicted octanol–water partition coefficient (Wildman–Crippen LogP) is 3.75. The monoisotopic (exact) mass is 294 g/mol. The smallest absolute Gasteiger partial charge is 0.304 e. The predicted molar refractivity (Wildman–Crippen MR) is 83.5 cm³/mol. The van der Waals surface area contributed by atoms with E-state index in [1.165, 1.54) is 0 Å². The molecule has 0 aliphatic carbocycles. The molecule has 0 spiro atoms. The van der Waals surface area contributed by atoms with Gasteiger partial charge in [0.05, 0.1) is 20.6 Å². The number of hydrogen-bond acceptors (Lipinski definition) is 3. The minimum absolute atomic E-state index is 0.0279. The third-order valence-corrected chi connectivity index (χ3v) is 3.67. The van der Waals surface area contributed by atoms with Crippen LogP contribution in [0.1, 0.15) is 52.2 Å². The molecule has 0 unspecified atom stereocenters. The Hall–Kier alpha value is -1.71. The van der Waals surface area contributed by atoms with Crippen LogP contribution in [0.5, 0.6) is 11.5 Å². The van der Waals surface area contributed by atoms with E-state index in [0.29, 0.717) is 11.5 Å². The minimum Gasteiger partial charge on any atom is -0.493 e. The highest BCUT2D eigenvalue weighted by atomic mass is 16.5. The summed E-state index contributed by atoms with van der Waals surface area (Å²) in [5.41, 5.74) is 1.34. The lowest BCUT2D eigenvalue weighted by molar-refractivity contribution is -0.138. The Bertz CT molecular complexity index is 524. The lowest BCUT2D eigenvalue weighted by atomic mass is 9.77. The van der Waals surface area contributed by atoms with Crippen molar-refractivity contribution in [3.05, 3.63) is 23.3 Å². The number of benzene rings is 1. The molecule has 0 saturated heterocycles. The lowest BCUT2D eigenvalue weighted by Crippen LogP contribution is -2.24. The summed E-state index contributed by atoms with van der Waals surface area (Å²) >= 11 is 0. The highest BCUT2D eigenvalue weighted by Crippen LogP contribution is 2.43. The highest BCUT2D eigenvalue weighted by Gasteiger charge is 2.31. The van der Waals surface area contributed by atoms with Gasteiger partial charge in [-0.15, -0.1) is 0 Å². The first-order chi connectivity index (χ1) is 9.52. The topological polar surface area (TPSA) is 55.8 Å². The number of hydrogen-bond donors (Lipinski definition) is 1. The third kappa shape index (κ3) is 3.90. The van der Waals surface area contributed by atoms with E-state index in [2.05, 4.69) is 20.8 Å². The molecule has 0 aliphatic rings. The van der Waals surface area contributed by atoms with Crippen molar-refractivity contribution < 1.29 is 19.4 Å². The molecule has 4 nitrogen and oxygen atoms in total. The second-order valence-corrected chi connectivity index (χ2v) is 6.96. The van der Waals surface area contributed by atoms with Crippen LogP contribution < -0.4 is 9.47 Å². The fraction of sp³-hybridized carbons (Fsp3) is 0.588. The first-order valence-electron chi connectivity index (χ1n) is 7.01. The molecule has 0 atom stereocenters. The molecule has 0 aromatic heterocycles. The number of methoxy groups -OCH3 is 2. The normalized spacial score (nSPS) is 12.1. The maximum absolute atomic E-state index is 11.2. The first-order valence-corrected chi connectivity index (χ1v) is 7.01. The fourth-order valence-corrected chi connectivity index (χ4v) is 2.37. The Morgan fingerprint density at radius 1 is 1.10 bits per heavy atom. The van der Waals surface area contributed by atoms with Gasteiger partial charge in [-0.25, -0.2) is 0 Å². The van der Waals surface area contributed by atoms with Gasteiger partial charge in [-0.2, -0.15) is 0 Å². The summed E-state index contributed by atoms with van der Waals surface area (Å²) in [6, 6.07) is 3.99. The number of rotatable bonds is 5. The largest absolute Gasteiger partial charge is 0.493 e. The van der Waals surface area contributed by atoms with Gasteiger partial charge in [0.1, 0.15) is 0 Å². The van der Waals surface area contributed by atoms with Gasteiger partial charge in [-0.3, -0.25) is 4.79 Å². The van der Waals surface area contributed by atoms with Gasteiger partial charge in [-0.1, -0.05) is 40.7 Å². The molecule has 1 rings (SSSR count). The van der Waals surface area contributed by atoms with Crippen LogP contribution in [0.2, 0.25) is 0 Å². The van der Waals surface area contributed by atoms with Crippen molar-refractivity contribution in [2.45, 2.75) is 51.9 Å². The highest BCUT2D eigenvalue weighted by molar-refractivity contribution is 5.70. The summed E-state index contributed by atoms with van der Waals surface area (Å²) < 4.78 is 10.9.